The first-order chi connectivity index (χ1) is 16.7. The molecule has 0 aromatic carbocycles. The van der Waals surface area contributed by atoms with Gasteiger partial charge in [-0.15, -0.1) is 0 Å². The van der Waals surface area contributed by atoms with Gasteiger partial charge in [-0.2, -0.15) is 0 Å². The first kappa shape index (κ1) is 26.2. The van der Waals surface area contributed by atoms with Gasteiger partial charge in [0.1, 0.15) is 5.76 Å². The maximum absolute atomic E-state index is 9.53. The number of allylic oxidation sites excluding steroid dienone is 2. The number of rotatable bonds is 12. The van der Waals surface area contributed by atoms with Gasteiger partial charge in [0.05, 0.1) is 12.7 Å². The summed E-state index contributed by atoms with van der Waals surface area (Å²) < 4.78 is 25.4. The lowest BCUT2D eigenvalue weighted by atomic mass is 9.86. The maximum Gasteiger partial charge on any atom is 0.199 e. The monoisotopic (exact) mass is 476 g/mol. The Morgan fingerprint density at radius 3 is 2.59 bits per heavy atom. The second-order valence-electron chi connectivity index (χ2n) is 11.1. The molecule has 3 fully saturated rings. The van der Waals surface area contributed by atoms with Gasteiger partial charge in [-0.1, -0.05) is 44.8 Å². The summed E-state index contributed by atoms with van der Waals surface area (Å²) in [6.07, 6.45) is 18.9. The van der Waals surface area contributed by atoms with Crippen molar-refractivity contribution in [1.82, 2.24) is 0 Å². The normalized spacial score (nSPS) is 35.1. The lowest BCUT2D eigenvalue weighted by Gasteiger charge is -2.34. The van der Waals surface area contributed by atoms with E-state index in [4.69, 9.17) is 18.9 Å². The molecule has 0 amide bonds. The molecule has 2 heterocycles. The average molecular weight is 477 g/mol. The molecule has 4 aliphatic rings. The van der Waals surface area contributed by atoms with Crippen molar-refractivity contribution in [2.45, 2.75) is 116 Å². The van der Waals surface area contributed by atoms with Gasteiger partial charge in [-0.3, -0.25) is 0 Å². The van der Waals surface area contributed by atoms with Crippen LogP contribution in [-0.4, -0.2) is 43.6 Å². The van der Waals surface area contributed by atoms with Crippen molar-refractivity contribution in [2.24, 2.45) is 23.7 Å². The zero-order chi connectivity index (χ0) is 23.8. The van der Waals surface area contributed by atoms with E-state index in [1.165, 1.54) is 37.7 Å². The van der Waals surface area contributed by atoms with Crippen molar-refractivity contribution in [3.63, 3.8) is 0 Å². The van der Waals surface area contributed by atoms with Gasteiger partial charge < -0.3 is 24.1 Å². The summed E-state index contributed by atoms with van der Waals surface area (Å²) in [6, 6.07) is 0. The number of hydrogen-bond acceptors (Lipinski definition) is 5. The van der Waals surface area contributed by atoms with Crippen molar-refractivity contribution in [3.8, 4) is 0 Å². The molecule has 5 nitrogen and oxygen atoms in total. The van der Waals surface area contributed by atoms with Gasteiger partial charge >= 0.3 is 0 Å². The molecule has 0 spiro atoms. The van der Waals surface area contributed by atoms with Crippen molar-refractivity contribution in [1.29, 1.82) is 0 Å². The largest absolute Gasteiger partial charge is 0.469 e. The van der Waals surface area contributed by atoms with Crippen LogP contribution in [0.3, 0.4) is 0 Å². The van der Waals surface area contributed by atoms with E-state index in [1.54, 1.807) is 0 Å². The summed E-state index contributed by atoms with van der Waals surface area (Å²) in [5.74, 6) is 2.96. The summed E-state index contributed by atoms with van der Waals surface area (Å²) in [5.41, 5.74) is 1.40. The molecule has 0 aromatic rings. The van der Waals surface area contributed by atoms with Crippen LogP contribution < -0.4 is 0 Å². The Kier molecular flexibility index (Phi) is 10.3. The second kappa shape index (κ2) is 13.4. The topological polar surface area (TPSA) is 57.2 Å². The summed E-state index contributed by atoms with van der Waals surface area (Å²) in [7, 11) is 0. The van der Waals surface area contributed by atoms with Crippen molar-refractivity contribution < 1.29 is 24.1 Å². The van der Waals surface area contributed by atoms with Crippen LogP contribution in [0.4, 0.5) is 0 Å². The van der Waals surface area contributed by atoms with E-state index in [1.807, 2.05) is 0 Å². The van der Waals surface area contributed by atoms with Crippen LogP contribution in [0.2, 0.25) is 0 Å². The fraction of sp³-hybridized carbons (Fsp3) is 0.862. The fourth-order valence-electron chi connectivity index (χ4n) is 6.36. The summed E-state index contributed by atoms with van der Waals surface area (Å²) in [6.45, 7) is 6.45. The zero-order valence-corrected chi connectivity index (χ0v) is 21.6. The highest BCUT2D eigenvalue weighted by atomic mass is 16.7. The summed E-state index contributed by atoms with van der Waals surface area (Å²) >= 11 is 0. The number of hydrogen-bond donors (Lipinski definition) is 1. The Hall–Kier alpha value is -0.880. The molecule has 5 heteroatoms. The Balaban J connectivity index is 1.54. The lowest BCUT2D eigenvalue weighted by Crippen LogP contribution is -2.34. The lowest BCUT2D eigenvalue weighted by molar-refractivity contribution is -0.200. The standard InChI is InChI=1S/C29H48O5/c1-3-4-9-21(2)12-13-25(33-27-10-5-7-16-31-27)29-24-19-22(14-15-30)18-23(24)20-26(29)34-28-11-6-8-17-32-28/h13,18,21,23-24,26-30H,3-12,14-17,19-20H2,1-2H3/t21?,23-,24-,26-,27?,28?,29+/m1/s1. The van der Waals surface area contributed by atoms with Gasteiger partial charge in [-0.05, 0) is 81.6 Å². The van der Waals surface area contributed by atoms with E-state index in [2.05, 4.69) is 26.0 Å². The number of aliphatic hydroxyl groups is 1. The molecule has 0 radical (unpaired) electrons. The minimum absolute atomic E-state index is 0.0865. The van der Waals surface area contributed by atoms with E-state index >= 15 is 0 Å². The summed E-state index contributed by atoms with van der Waals surface area (Å²) in [4.78, 5) is 0. The van der Waals surface area contributed by atoms with Crippen molar-refractivity contribution >= 4 is 0 Å². The highest BCUT2D eigenvalue weighted by Crippen LogP contribution is 2.52. The van der Waals surface area contributed by atoms with Gasteiger partial charge in [0.15, 0.2) is 12.6 Å². The molecule has 3 unspecified atom stereocenters. The zero-order valence-electron chi connectivity index (χ0n) is 21.6. The smallest absolute Gasteiger partial charge is 0.199 e. The molecule has 1 saturated carbocycles. The maximum atomic E-state index is 9.53. The molecular formula is C29H48O5. The first-order valence-corrected chi connectivity index (χ1v) is 14.2. The minimum Gasteiger partial charge on any atom is -0.469 e. The first-order valence-electron chi connectivity index (χ1n) is 14.2. The third-order valence-electron chi connectivity index (χ3n) is 8.27. The number of ether oxygens (including phenoxy) is 4. The third-order valence-corrected chi connectivity index (χ3v) is 8.27. The molecule has 0 aromatic heterocycles. The van der Waals surface area contributed by atoms with E-state index in [9.17, 15) is 5.11 Å². The van der Waals surface area contributed by atoms with E-state index in [0.717, 1.165) is 70.3 Å². The molecule has 1 N–H and O–H groups in total. The van der Waals surface area contributed by atoms with Crippen LogP contribution in [-0.2, 0) is 18.9 Å². The molecule has 4 rings (SSSR count). The number of fused-ring (bicyclic) bond motifs is 1. The predicted octanol–water partition coefficient (Wildman–Crippen LogP) is 6.51. The van der Waals surface area contributed by atoms with Crippen LogP contribution in [0.15, 0.2) is 23.5 Å². The Morgan fingerprint density at radius 2 is 1.91 bits per heavy atom. The van der Waals surface area contributed by atoms with E-state index < -0.39 is 0 Å². The van der Waals surface area contributed by atoms with Crippen LogP contribution >= 0.6 is 0 Å². The van der Waals surface area contributed by atoms with Crippen LogP contribution in [0, 0.1) is 23.7 Å². The van der Waals surface area contributed by atoms with Crippen LogP contribution in [0.25, 0.3) is 0 Å². The Morgan fingerprint density at radius 1 is 1.15 bits per heavy atom. The quantitative estimate of drug-likeness (QED) is 0.257. The highest BCUT2D eigenvalue weighted by Gasteiger charge is 2.49. The number of aliphatic hydroxyl groups excluding tert-OH is 1. The molecule has 7 atom stereocenters. The molecule has 0 bridgehead atoms. The molecular weight excluding hydrogens is 428 g/mol. The van der Waals surface area contributed by atoms with Gasteiger partial charge in [-0.25, -0.2) is 0 Å². The van der Waals surface area contributed by atoms with E-state index in [0.29, 0.717) is 17.8 Å². The van der Waals surface area contributed by atoms with Crippen molar-refractivity contribution in [2.75, 3.05) is 19.8 Å². The second-order valence-corrected chi connectivity index (χ2v) is 11.1. The number of unbranched alkanes of at least 4 members (excludes halogenated alkanes) is 1. The molecule has 194 valence electrons. The van der Waals surface area contributed by atoms with Gasteiger partial charge in [0.2, 0.25) is 0 Å². The molecule has 2 aliphatic carbocycles. The van der Waals surface area contributed by atoms with Crippen molar-refractivity contribution in [3.05, 3.63) is 23.5 Å². The van der Waals surface area contributed by atoms with Crippen LogP contribution in [0.5, 0.6) is 0 Å². The summed E-state index contributed by atoms with van der Waals surface area (Å²) in [5, 5.41) is 9.53. The molecule has 2 aliphatic heterocycles. The Bertz CT molecular complexity index is 661. The SMILES string of the molecule is CCCCC(C)CC=C(OC1CCCCO1)[C@@H]1[C@@H]2CC(CCO)=C[C@@H]2C[C@H]1OC1CCCCO1. The molecule has 2 saturated heterocycles. The van der Waals surface area contributed by atoms with Gasteiger partial charge in [0.25, 0.3) is 0 Å². The third kappa shape index (κ3) is 7.09. The average Bonchev–Trinajstić information content (AvgIpc) is 3.38. The van der Waals surface area contributed by atoms with Gasteiger partial charge in [0, 0.05) is 25.6 Å². The predicted molar refractivity (Wildman–Crippen MR) is 134 cm³/mol. The highest BCUT2D eigenvalue weighted by molar-refractivity contribution is 5.23. The van der Waals surface area contributed by atoms with Crippen LogP contribution in [0.1, 0.15) is 97.3 Å². The molecule has 34 heavy (non-hydrogen) atoms. The Labute approximate surface area is 207 Å². The fourth-order valence-corrected chi connectivity index (χ4v) is 6.36. The minimum atomic E-state index is -0.136. The van der Waals surface area contributed by atoms with E-state index in [-0.39, 0.29) is 31.2 Å².